The van der Waals surface area contributed by atoms with Gasteiger partial charge in [-0.3, -0.25) is 0 Å². The smallest absolute Gasteiger partial charge is 0.0467 e. The molecular weight excluding hydrogens is 1260 g/mol. The molecule has 0 aliphatic heterocycles. The number of fused-ring (bicyclic) bond motifs is 3. The van der Waals surface area contributed by atoms with Gasteiger partial charge in [-0.1, -0.05) is 269 Å². The number of benzene rings is 11. The molecule has 0 amide bonds. The monoisotopic (exact) mass is 1340 g/mol. The predicted molar refractivity (Wildman–Crippen MR) is 406 cm³/mol. The molecule has 1 atom stereocenters. The Morgan fingerprint density at radius 2 is 0.688 bits per heavy atom. The third-order valence-corrected chi connectivity index (χ3v) is 20.7. The topological polar surface area (TPSA) is 6.48 Å². The first kappa shape index (κ1) is 63.2. The van der Waals surface area contributed by atoms with E-state index in [1.165, 1.54) is 89.0 Å². The summed E-state index contributed by atoms with van der Waals surface area (Å²) in [6, 6.07) is 97.8. The lowest BCUT2D eigenvalue weighted by Crippen LogP contribution is -2.27. The Bertz CT molecular complexity index is 4530. The zero-order chi connectivity index (χ0) is 64.4. The van der Waals surface area contributed by atoms with E-state index in [0.29, 0.717) is 0 Å². The van der Waals surface area contributed by atoms with E-state index < -0.39 is 0 Å². The maximum absolute atomic E-state index is 3.71. The summed E-state index contributed by atoms with van der Waals surface area (Å²) in [6.45, 7) is 18.5. The Balaban J connectivity index is 0.00000390. The lowest BCUT2D eigenvalue weighted by molar-refractivity contribution is 0.315. The number of anilines is 6. The summed E-state index contributed by atoms with van der Waals surface area (Å²) in [4.78, 5) is 4.86. The van der Waals surface area contributed by atoms with Crippen LogP contribution in [-0.4, -0.2) is 0 Å². The van der Waals surface area contributed by atoms with Crippen molar-refractivity contribution in [2.24, 2.45) is 5.41 Å². The van der Waals surface area contributed by atoms with Crippen LogP contribution in [0.15, 0.2) is 287 Å². The third kappa shape index (κ3) is 12.9. The zero-order valence-electron chi connectivity index (χ0n) is 55.2. The van der Waals surface area contributed by atoms with E-state index in [4.69, 9.17) is 0 Å². The SMILES string of the molecule is CC.CCCc1ccc(-c2ccc(N(c3ccc(-c4cccc(Br)c4)cc3)c3cccc(C4=CC5=C(CC4)C(C)(C)CC54CC(C)(C)c5ccc(-c6cccc(N(c7ccc(-c8ccc(CCC)cc8)cc7)c7ccc(-c8cccc(Br)c8)cc7)c6)cc54)c3)cc2)cc1. The molecule has 464 valence electrons. The minimum Gasteiger partial charge on any atom is -0.310 e. The molecule has 93 heavy (non-hydrogen) atoms. The van der Waals surface area contributed by atoms with E-state index >= 15 is 0 Å². The summed E-state index contributed by atoms with van der Waals surface area (Å²) in [5.41, 5.74) is 30.4. The van der Waals surface area contributed by atoms with E-state index in [9.17, 15) is 0 Å². The van der Waals surface area contributed by atoms with Gasteiger partial charge in [0.05, 0.1) is 0 Å². The van der Waals surface area contributed by atoms with Crippen LogP contribution in [0.25, 0.3) is 61.2 Å². The summed E-state index contributed by atoms with van der Waals surface area (Å²) < 4.78 is 2.15. The van der Waals surface area contributed by atoms with Gasteiger partial charge in [-0.2, -0.15) is 0 Å². The van der Waals surface area contributed by atoms with E-state index in [0.717, 1.165) is 94.4 Å². The van der Waals surface area contributed by atoms with Crippen LogP contribution in [0.5, 0.6) is 0 Å². The fourth-order valence-electron chi connectivity index (χ4n) is 15.5. The molecule has 0 radical (unpaired) electrons. The lowest BCUT2D eigenvalue weighted by Gasteiger charge is -2.33. The Kier molecular flexibility index (Phi) is 18.2. The van der Waals surface area contributed by atoms with Crippen LogP contribution in [0.1, 0.15) is 122 Å². The average Bonchev–Trinajstić information content (AvgIpc) is 1.53. The molecule has 14 rings (SSSR count). The average molecular weight is 1340 g/mol. The number of aryl methyl sites for hydroxylation is 2. The Morgan fingerprint density at radius 3 is 1.12 bits per heavy atom. The van der Waals surface area contributed by atoms with Gasteiger partial charge in [0.2, 0.25) is 0 Å². The molecule has 3 aliphatic carbocycles. The highest BCUT2D eigenvalue weighted by molar-refractivity contribution is 9.10. The molecule has 0 heterocycles. The van der Waals surface area contributed by atoms with Crippen LogP contribution in [0, 0.1) is 5.41 Å². The maximum atomic E-state index is 3.71. The van der Waals surface area contributed by atoms with Crippen LogP contribution in [-0.2, 0) is 23.7 Å². The molecule has 2 nitrogen and oxygen atoms in total. The minimum atomic E-state index is -0.130. The normalized spacial score (nSPS) is 15.9. The molecule has 11 aromatic rings. The Labute approximate surface area is 570 Å². The van der Waals surface area contributed by atoms with Crippen molar-refractivity contribution < 1.29 is 0 Å². The molecule has 4 heteroatoms. The summed E-state index contributed by atoms with van der Waals surface area (Å²) in [6.07, 6.45) is 11.4. The van der Waals surface area contributed by atoms with Crippen LogP contribution >= 0.6 is 31.9 Å². The molecule has 11 aromatic carbocycles. The number of rotatable bonds is 16. The largest absolute Gasteiger partial charge is 0.310 e. The summed E-state index contributed by atoms with van der Waals surface area (Å²) in [5, 5.41) is 0. The van der Waals surface area contributed by atoms with Gasteiger partial charge in [0.15, 0.2) is 0 Å². The standard InChI is InChI=1S/C87H78Br2N2.C2H6/c1-7-13-59-23-27-61(28-24-59)63-31-41-75(42-32-63)90(77-45-35-65(36-46-77)67-15-9-19-73(88)51-67)79-21-11-17-69(53-79)71-39-49-81-83(55-71)87(57-85(81,3)4)58-86(5,6)82-50-40-72(56-84(82)87)70-18-12-22-80(54-70)91(78-47-37-66(38-48-78)68-16-10-20-74(89)52-68)76-43-33-64(34-44-76)62-29-25-60(14-8-2)26-30-62;1-2/h9-12,15-39,41-49,51-56H,7-8,13-14,40,50,57-58H2,1-6H3;1-2H3. The van der Waals surface area contributed by atoms with Crippen LogP contribution in [0.2, 0.25) is 0 Å². The van der Waals surface area contributed by atoms with Gasteiger partial charge in [0, 0.05) is 48.5 Å². The van der Waals surface area contributed by atoms with Crippen molar-refractivity contribution in [2.45, 2.75) is 118 Å². The molecule has 3 aliphatic rings. The highest BCUT2D eigenvalue weighted by atomic mass is 79.9. The quantitative estimate of drug-likeness (QED) is 0.0951. The van der Waals surface area contributed by atoms with Gasteiger partial charge < -0.3 is 9.80 Å². The molecule has 0 N–H and O–H groups in total. The second kappa shape index (κ2) is 26.8. The first-order valence-electron chi connectivity index (χ1n) is 33.7. The third-order valence-electron chi connectivity index (χ3n) is 19.8. The van der Waals surface area contributed by atoms with Gasteiger partial charge in [-0.05, 0) is 247 Å². The molecule has 1 spiro atoms. The summed E-state index contributed by atoms with van der Waals surface area (Å²) in [7, 11) is 0. The second-order valence-corrected chi connectivity index (χ2v) is 28.7. The molecule has 0 bridgehead atoms. The van der Waals surface area contributed by atoms with Gasteiger partial charge >= 0.3 is 0 Å². The predicted octanol–water partition coefficient (Wildman–Crippen LogP) is 26.9. The number of nitrogens with zero attached hydrogens (tertiary/aromatic N) is 2. The first-order valence-corrected chi connectivity index (χ1v) is 35.3. The van der Waals surface area contributed by atoms with Gasteiger partial charge in [-0.15, -0.1) is 0 Å². The van der Waals surface area contributed by atoms with Gasteiger partial charge in [0.25, 0.3) is 0 Å². The number of halogens is 2. The van der Waals surface area contributed by atoms with E-state index in [1.807, 2.05) is 13.8 Å². The molecule has 0 saturated carbocycles. The van der Waals surface area contributed by atoms with Crippen LogP contribution in [0.4, 0.5) is 34.1 Å². The van der Waals surface area contributed by atoms with Crippen molar-refractivity contribution in [1.82, 2.24) is 0 Å². The van der Waals surface area contributed by atoms with Crippen molar-refractivity contribution in [1.29, 1.82) is 0 Å². The number of allylic oxidation sites excluding steroid dienone is 4. The number of hydrogen-bond acceptors (Lipinski definition) is 2. The molecular formula is C89H84Br2N2. The maximum Gasteiger partial charge on any atom is 0.0467 e. The molecule has 0 saturated heterocycles. The highest BCUT2D eigenvalue weighted by Crippen LogP contribution is 2.66. The van der Waals surface area contributed by atoms with Crippen molar-refractivity contribution in [2.75, 3.05) is 9.80 Å². The lowest BCUT2D eigenvalue weighted by atomic mass is 9.70. The first-order chi connectivity index (χ1) is 45.2. The number of hydrogen-bond donors (Lipinski definition) is 0. The van der Waals surface area contributed by atoms with E-state index in [2.05, 4.69) is 350 Å². The molecule has 0 aromatic heterocycles. The fourth-order valence-corrected chi connectivity index (χ4v) is 16.3. The Morgan fingerprint density at radius 1 is 0.333 bits per heavy atom. The fraction of sp³-hybridized carbons (Fsp3) is 0.213. The van der Waals surface area contributed by atoms with Crippen LogP contribution < -0.4 is 9.80 Å². The zero-order valence-corrected chi connectivity index (χ0v) is 58.4. The second-order valence-electron chi connectivity index (χ2n) is 26.9. The van der Waals surface area contributed by atoms with E-state index in [1.54, 1.807) is 11.1 Å². The van der Waals surface area contributed by atoms with Gasteiger partial charge in [0.1, 0.15) is 0 Å². The van der Waals surface area contributed by atoms with Crippen molar-refractivity contribution in [3.8, 4) is 55.6 Å². The van der Waals surface area contributed by atoms with Crippen molar-refractivity contribution >= 4 is 71.6 Å². The van der Waals surface area contributed by atoms with E-state index in [-0.39, 0.29) is 16.2 Å². The summed E-state index contributed by atoms with van der Waals surface area (Å²) in [5.74, 6) is 0. The molecule has 1 unspecified atom stereocenters. The van der Waals surface area contributed by atoms with Crippen molar-refractivity contribution in [3.63, 3.8) is 0 Å². The van der Waals surface area contributed by atoms with Crippen molar-refractivity contribution in [3.05, 3.63) is 315 Å². The minimum absolute atomic E-state index is 0.0107. The molecule has 0 fully saturated rings. The highest BCUT2D eigenvalue weighted by Gasteiger charge is 2.57. The van der Waals surface area contributed by atoms with Crippen LogP contribution in [0.3, 0.4) is 0 Å². The van der Waals surface area contributed by atoms with Gasteiger partial charge in [-0.25, -0.2) is 0 Å². The summed E-state index contributed by atoms with van der Waals surface area (Å²) >= 11 is 7.42. The Hall–Kier alpha value is -8.54.